The minimum absolute atomic E-state index is 0. The van der Waals surface area contributed by atoms with E-state index in [2.05, 4.69) is 20.8 Å². The summed E-state index contributed by atoms with van der Waals surface area (Å²) in [6, 6.07) is 0. The summed E-state index contributed by atoms with van der Waals surface area (Å²) in [6.07, 6.45) is 12.9. The third-order valence-corrected chi connectivity index (χ3v) is 2.90. The average Bonchev–Trinajstić information content (AvgIpc) is 2.17. The molecule has 0 saturated carbocycles. The van der Waals surface area contributed by atoms with Gasteiger partial charge in [-0.1, -0.05) is 78.3 Å². The lowest BCUT2D eigenvalue weighted by atomic mass is 9.41. The first-order valence-corrected chi connectivity index (χ1v) is 6.35. The highest BCUT2D eigenvalue weighted by Gasteiger charge is 2.10. The Morgan fingerprint density at radius 1 is 0.643 bits per heavy atom. The predicted octanol–water partition coefficient (Wildman–Crippen LogP) is 4.50. The molecule has 0 aromatic rings. The van der Waals surface area contributed by atoms with E-state index in [9.17, 15) is 0 Å². The fraction of sp³-hybridized carbons (Fsp3) is 1.00. The van der Waals surface area contributed by atoms with Crippen LogP contribution in [0.4, 0.5) is 0 Å². The zero-order valence-electron chi connectivity index (χ0n) is 10.5. The fourth-order valence-corrected chi connectivity index (χ4v) is 1.91. The van der Waals surface area contributed by atoms with Crippen LogP contribution in [0.25, 0.3) is 0 Å². The monoisotopic (exact) mass is 193 g/mol. The van der Waals surface area contributed by atoms with E-state index < -0.39 is 0 Å². The van der Waals surface area contributed by atoms with Crippen molar-refractivity contribution in [1.29, 1.82) is 0 Å². The van der Waals surface area contributed by atoms with E-state index in [-0.39, 0.29) is 8.41 Å². The number of hydrogen-bond donors (Lipinski definition) is 0. The summed E-state index contributed by atoms with van der Waals surface area (Å²) in [5.74, 6) is 0. The summed E-state index contributed by atoms with van der Waals surface area (Å²) in [5, 5.41) is 0. The van der Waals surface area contributed by atoms with E-state index >= 15 is 0 Å². The summed E-state index contributed by atoms with van der Waals surface area (Å²) < 4.78 is 0. The van der Waals surface area contributed by atoms with Gasteiger partial charge >= 0.3 is 0 Å². The Morgan fingerprint density at radius 2 is 0.929 bits per heavy atom. The maximum atomic E-state index is 2.30. The van der Waals surface area contributed by atoms with Crippen LogP contribution in [0.5, 0.6) is 0 Å². The first-order valence-electron chi connectivity index (χ1n) is 6.35. The van der Waals surface area contributed by atoms with Crippen LogP contribution in [0.3, 0.4) is 0 Å². The topological polar surface area (TPSA) is 0 Å². The van der Waals surface area contributed by atoms with Gasteiger partial charge in [0.1, 0.15) is 6.71 Å². The van der Waals surface area contributed by atoms with Crippen molar-refractivity contribution in [3.05, 3.63) is 0 Å². The van der Waals surface area contributed by atoms with Crippen LogP contribution in [-0.2, 0) is 0 Å². The zero-order chi connectivity index (χ0) is 9.94. The second kappa shape index (κ2) is 13.1. The highest BCUT2D eigenvalue weighted by atomic mass is 13.9. The maximum absolute atomic E-state index is 2.30. The number of hydrogen-bond acceptors (Lipinski definition) is 0. The van der Waals surface area contributed by atoms with Crippen LogP contribution in [0.15, 0.2) is 0 Å². The molecule has 0 atom stereocenters. The lowest BCUT2D eigenvalue weighted by molar-refractivity contribution is 0.812. The molecule has 81 valence electrons. The molecule has 0 N–H and O–H groups in total. The molecule has 0 fully saturated rings. The van der Waals surface area contributed by atoms with Crippen molar-refractivity contribution in [2.24, 2.45) is 0 Å². The van der Waals surface area contributed by atoms with Crippen molar-refractivity contribution < 1.29 is 0 Å². The molecular formula is C12H27B2. The molecule has 0 heterocycles. The van der Waals surface area contributed by atoms with Crippen LogP contribution in [0.2, 0.25) is 19.0 Å². The predicted molar refractivity (Wildman–Crippen MR) is 70.7 cm³/mol. The normalized spacial score (nSPS) is 9.64. The maximum Gasteiger partial charge on any atom is 0.139 e. The molecule has 0 amide bonds. The Bertz CT molecular complexity index is 75.3. The Kier molecular flexibility index (Phi) is 15.5. The zero-order valence-corrected chi connectivity index (χ0v) is 10.5. The van der Waals surface area contributed by atoms with Crippen LogP contribution in [-0.4, -0.2) is 15.1 Å². The van der Waals surface area contributed by atoms with E-state index in [0.717, 1.165) is 6.71 Å². The Morgan fingerprint density at radius 3 is 1.14 bits per heavy atom. The summed E-state index contributed by atoms with van der Waals surface area (Å²) in [4.78, 5) is 0. The number of unbranched alkanes of at least 4 members (excludes halogenated alkanes) is 3. The van der Waals surface area contributed by atoms with E-state index in [1.807, 2.05) is 0 Å². The first kappa shape index (κ1) is 16.6. The quantitative estimate of drug-likeness (QED) is 0.472. The fourth-order valence-electron chi connectivity index (χ4n) is 1.91. The van der Waals surface area contributed by atoms with Gasteiger partial charge in [0.2, 0.25) is 0 Å². The second-order valence-electron chi connectivity index (χ2n) is 4.29. The molecule has 2 heteroatoms. The molecule has 14 heavy (non-hydrogen) atoms. The second-order valence-corrected chi connectivity index (χ2v) is 4.29. The van der Waals surface area contributed by atoms with Gasteiger partial charge in [0.05, 0.1) is 0 Å². The molecule has 0 aromatic heterocycles. The molecule has 0 bridgehead atoms. The lowest BCUT2D eigenvalue weighted by Gasteiger charge is -2.11. The minimum Gasteiger partial charge on any atom is -0.0742 e. The Balaban J connectivity index is 0. The van der Waals surface area contributed by atoms with Gasteiger partial charge in [0.15, 0.2) is 0 Å². The van der Waals surface area contributed by atoms with Gasteiger partial charge in [0, 0.05) is 8.41 Å². The molecule has 0 saturated heterocycles. The highest BCUT2D eigenvalue weighted by Crippen LogP contribution is 2.16. The molecule has 0 nitrogen and oxygen atoms in total. The first-order chi connectivity index (χ1) is 6.35. The van der Waals surface area contributed by atoms with Crippen molar-refractivity contribution in [2.75, 3.05) is 0 Å². The van der Waals surface area contributed by atoms with E-state index in [0.29, 0.717) is 0 Å². The van der Waals surface area contributed by atoms with E-state index in [1.54, 1.807) is 0 Å². The van der Waals surface area contributed by atoms with Gasteiger partial charge in [-0.2, -0.15) is 0 Å². The average molecular weight is 193 g/mol. The summed E-state index contributed by atoms with van der Waals surface area (Å²) in [7, 11) is 0. The smallest absolute Gasteiger partial charge is 0.0742 e. The highest BCUT2D eigenvalue weighted by molar-refractivity contribution is 6.58. The third kappa shape index (κ3) is 10.2. The van der Waals surface area contributed by atoms with Gasteiger partial charge in [-0.05, 0) is 0 Å². The minimum atomic E-state index is 0. The van der Waals surface area contributed by atoms with Crippen molar-refractivity contribution in [3.8, 4) is 0 Å². The van der Waals surface area contributed by atoms with Gasteiger partial charge in [-0.25, -0.2) is 0 Å². The SMILES string of the molecule is CCCCB(CCCC)CCCC.[B]. The molecule has 3 radical (unpaired) electrons. The molecular weight excluding hydrogens is 166 g/mol. The van der Waals surface area contributed by atoms with Crippen LogP contribution < -0.4 is 0 Å². The largest absolute Gasteiger partial charge is 0.139 e. The van der Waals surface area contributed by atoms with Crippen molar-refractivity contribution in [2.45, 2.75) is 78.3 Å². The van der Waals surface area contributed by atoms with Crippen LogP contribution in [0.1, 0.15) is 59.3 Å². The third-order valence-electron chi connectivity index (χ3n) is 2.90. The van der Waals surface area contributed by atoms with Gasteiger partial charge < -0.3 is 0 Å². The van der Waals surface area contributed by atoms with Crippen molar-refractivity contribution >= 4 is 15.1 Å². The van der Waals surface area contributed by atoms with Crippen LogP contribution in [0, 0.1) is 0 Å². The summed E-state index contributed by atoms with van der Waals surface area (Å²) in [5.41, 5.74) is 0. The van der Waals surface area contributed by atoms with Crippen LogP contribution >= 0.6 is 0 Å². The Labute approximate surface area is 93.9 Å². The molecule has 0 spiro atoms. The summed E-state index contributed by atoms with van der Waals surface area (Å²) >= 11 is 0. The van der Waals surface area contributed by atoms with E-state index in [4.69, 9.17) is 0 Å². The molecule has 0 aromatic carbocycles. The van der Waals surface area contributed by atoms with Gasteiger partial charge in [-0.15, -0.1) is 0 Å². The summed E-state index contributed by atoms with van der Waals surface area (Å²) in [6.45, 7) is 7.95. The molecule has 0 rings (SSSR count). The van der Waals surface area contributed by atoms with Crippen molar-refractivity contribution in [1.82, 2.24) is 0 Å². The lowest BCUT2D eigenvalue weighted by Crippen LogP contribution is -2.11. The Hall–Kier alpha value is 0.130. The number of rotatable bonds is 9. The standard InChI is InChI=1S/C12H27B.B/c1-4-7-10-13(11-8-5-2)12-9-6-3;/h4-12H2,1-3H3;. The van der Waals surface area contributed by atoms with Crippen molar-refractivity contribution in [3.63, 3.8) is 0 Å². The van der Waals surface area contributed by atoms with Gasteiger partial charge in [0.25, 0.3) is 0 Å². The molecule has 0 unspecified atom stereocenters. The van der Waals surface area contributed by atoms with Gasteiger partial charge in [-0.3, -0.25) is 0 Å². The van der Waals surface area contributed by atoms with E-state index in [1.165, 1.54) is 57.5 Å². The molecule has 0 aliphatic rings. The molecule has 0 aliphatic carbocycles. The molecule has 0 aliphatic heterocycles.